The fourth-order valence-electron chi connectivity index (χ4n) is 2.48. The first-order valence-electron chi connectivity index (χ1n) is 7.45. The Morgan fingerprint density at radius 2 is 2.36 bits per heavy atom. The van der Waals surface area contributed by atoms with E-state index >= 15 is 0 Å². The molecule has 5 heteroatoms. The van der Waals surface area contributed by atoms with Gasteiger partial charge in [0.2, 0.25) is 0 Å². The lowest BCUT2D eigenvalue weighted by Gasteiger charge is -2.21. The van der Waals surface area contributed by atoms with Crippen LogP contribution in [0, 0.1) is 0 Å². The van der Waals surface area contributed by atoms with Crippen LogP contribution < -0.4 is 14.8 Å². The van der Waals surface area contributed by atoms with E-state index in [0.717, 1.165) is 30.2 Å². The van der Waals surface area contributed by atoms with E-state index in [-0.39, 0.29) is 0 Å². The molecule has 0 bridgehead atoms. The summed E-state index contributed by atoms with van der Waals surface area (Å²) < 4.78 is 13.0. The topological polar surface area (TPSA) is 48.3 Å². The van der Waals surface area contributed by atoms with E-state index in [1.165, 1.54) is 5.57 Å². The van der Waals surface area contributed by atoms with Crippen molar-refractivity contribution >= 4 is 6.08 Å². The minimum absolute atomic E-state index is 0.345. The van der Waals surface area contributed by atoms with Gasteiger partial charge >= 0.3 is 0 Å². The Labute approximate surface area is 130 Å². The Bertz CT molecular complexity index is 650. The first-order chi connectivity index (χ1) is 10.7. The van der Waals surface area contributed by atoms with Crippen molar-refractivity contribution in [1.82, 2.24) is 15.1 Å². The lowest BCUT2D eigenvalue weighted by atomic mass is 10.1. The van der Waals surface area contributed by atoms with Crippen LogP contribution in [0.2, 0.25) is 0 Å². The maximum Gasteiger partial charge on any atom is 0.130 e. The monoisotopic (exact) mass is 299 g/mol. The maximum absolute atomic E-state index is 5.81. The number of benzene rings is 1. The predicted molar refractivity (Wildman–Crippen MR) is 86.2 cm³/mol. The fourth-order valence-corrected chi connectivity index (χ4v) is 2.48. The number of aromatic nitrogens is 2. The highest BCUT2D eigenvalue weighted by molar-refractivity contribution is 5.63. The second kappa shape index (κ2) is 6.66. The molecule has 1 aliphatic rings. The van der Waals surface area contributed by atoms with Gasteiger partial charge in [-0.15, -0.1) is 0 Å². The minimum atomic E-state index is 0.345. The zero-order valence-corrected chi connectivity index (χ0v) is 13.0. The fraction of sp³-hybridized carbons (Fsp3) is 0.353. The molecule has 0 amide bonds. The summed E-state index contributed by atoms with van der Waals surface area (Å²) in [7, 11) is 1.66. The SMILES string of the molecule is COc1ccc2c(c1)OCC(CN[C@H](C)Cn1cccn1)=C2. The van der Waals surface area contributed by atoms with Gasteiger partial charge in [-0.25, -0.2) is 0 Å². The van der Waals surface area contributed by atoms with E-state index in [9.17, 15) is 0 Å². The van der Waals surface area contributed by atoms with Crippen molar-refractivity contribution in [3.8, 4) is 11.5 Å². The molecule has 1 aliphatic heterocycles. The number of fused-ring (bicyclic) bond motifs is 1. The van der Waals surface area contributed by atoms with Crippen LogP contribution in [0.5, 0.6) is 11.5 Å². The molecule has 3 rings (SSSR count). The van der Waals surface area contributed by atoms with Crippen molar-refractivity contribution in [3.63, 3.8) is 0 Å². The van der Waals surface area contributed by atoms with Gasteiger partial charge in [0, 0.05) is 36.6 Å². The highest BCUT2D eigenvalue weighted by Gasteiger charge is 2.13. The Kier molecular flexibility index (Phi) is 4.44. The highest BCUT2D eigenvalue weighted by Crippen LogP contribution is 2.30. The molecule has 2 aromatic rings. The summed E-state index contributed by atoms with van der Waals surface area (Å²) in [6.07, 6.45) is 5.96. The molecule has 5 nitrogen and oxygen atoms in total. The van der Waals surface area contributed by atoms with E-state index < -0.39 is 0 Å². The van der Waals surface area contributed by atoms with Crippen LogP contribution in [0.1, 0.15) is 12.5 Å². The number of ether oxygens (including phenoxy) is 2. The Morgan fingerprint density at radius 1 is 1.45 bits per heavy atom. The predicted octanol–water partition coefficient (Wildman–Crippen LogP) is 2.35. The summed E-state index contributed by atoms with van der Waals surface area (Å²) in [6.45, 7) is 4.44. The number of methoxy groups -OCH3 is 1. The van der Waals surface area contributed by atoms with Crippen LogP contribution >= 0.6 is 0 Å². The molecule has 116 valence electrons. The minimum Gasteiger partial charge on any atom is -0.497 e. The Balaban J connectivity index is 1.57. The van der Waals surface area contributed by atoms with Crippen molar-refractivity contribution in [2.24, 2.45) is 0 Å². The number of hydrogen-bond donors (Lipinski definition) is 1. The molecular formula is C17H21N3O2. The van der Waals surface area contributed by atoms with Gasteiger partial charge in [-0.05, 0) is 36.8 Å². The van der Waals surface area contributed by atoms with Gasteiger partial charge in [0.25, 0.3) is 0 Å². The van der Waals surface area contributed by atoms with Crippen molar-refractivity contribution in [3.05, 3.63) is 47.8 Å². The molecule has 22 heavy (non-hydrogen) atoms. The molecule has 0 saturated carbocycles. The Morgan fingerprint density at radius 3 is 3.14 bits per heavy atom. The van der Waals surface area contributed by atoms with Crippen molar-refractivity contribution < 1.29 is 9.47 Å². The Hall–Kier alpha value is -2.27. The second-order valence-corrected chi connectivity index (χ2v) is 5.51. The van der Waals surface area contributed by atoms with Crippen LogP contribution in [-0.4, -0.2) is 36.1 Å². The van der Waals surface area contributed by atoms with Crippen LogP contribution in [-0.2, 0) is 6.54 Å². The van der Waals surface area contributed by atoms with E-state index in [2.05, 4.69) is 23.4 Å². The van der Waals surface area contributed by atoms with Gasteiger partial charge in [0.05, 0.1) is 13.7 Å². The quantitative estimate of drug-likeness (QED) is 0.889. The average Bonchev–Trinajstić information content (AvgIpc) is 3.05. The summed E-state index contributed by atoms with van der Waals surface area (Å²) in [5.74, 6) is 1.70. The summed E-state index contributed by atoms with van der Waals surface area (Å²) in [4.78, 5) is 0. The molecule has 1 aromatic carbocycles. The first kappa shape index (κ1) is 14.7. The molecule has 1 atom stereocenters. The molecule has 0 spiro atoms. The summed E-state index contributed by atoms with van der Waals surface area (Å²) >= 11 is 0. The molecule has 1 N–H and O–H groups in total. The van der Waals surface area contributed by atoms with Crippen molar-refractivity contribution in [2.45, 2.75) is 19.5 Å². The zero-order valence-electron chi connectivity index (χ0n) is 13.0. The van der Waals surface area contributed by atoms with Crippen molar-refractivity contribution in [1.29, 1.82) is 0 Å². The summed E-state index contributed by atoms with van der Waals surface area (Å²) in [5.41, 5.74) is 2.34. The van der Waals surface area contributed by atoms with E-state index in [0.29, 0.717) is 12.6 Å². The van der Waals surface area contributed by atoms with Gasteiger partial charge in [-0.3, -0.25) is 4.68 Å². The third kappa shape index (κ3) is 3.49. The van der Waals surface area contributed by atoms with Gasteiger partial charge in [-0.1, -0.05) is 0 Å². The van der Waals surface area contributed by atoms with Crippen LogP contribution in [0.3, 0.4) is 0 Å². The number of nitrogens with one attached hydrogen (secondary N) is 1. The molecule has 2 heterocycles. The maximum atomic E-state index is 5.81. The number of hydrogen-bond acceptors (Lipinski definition) is 4. The van der Waals surface area contributed by atoms with Gasteiger partial charge in [0.1, 0.15) is 18.1 Å². The standard InChI is InChI=1S/C17H21N3O2/c1-13(11-20-7-3-6-19-20)18-10-14-8-15-4-5-16(21-2)9-17(15)22-12-14/h3-9,13,18H,10-12H2,1-2H3/t13-/m1/s1. The number of nitrogens with zero attached hydrogens (tertiary/aromatic N) is 2. The van der Waals surface area contributed by atoms with Gasteiger partial charge in [-0.2, -0.15) is 5.10 Å². The normalized spacial score (nSPS) is 14.7. The zero-order chi connectivity index (χ0) is 15.4. The third-order valence-corrected chi connectivity index (χ3v) is 3.69. The summed E-state index contributed by atoms with van der Waals surface area (Å²) in [5, 5.41) is 7.73. The molecule has 0 unspecified atom stereocenters. The molecule has 0 saturated heterocycles. The van der Waals surface area contributed by atoms with E-state index in [4.69, 9.17) is 9.47 Å². The third-order valence-electron chi connectivity index (χ3n) is 3.69. The smallest absolute Gasteiger partial charge is 0.130 e. The number of rotatable bonds is 6. The molecule has 0 fully saturated rings. The van der Waals surface area contributed by atoms with E-state index in [1.54, 1.807) is 13.3 Å². The molecular weight excluding hydrogens is 278 g/mol. The summed E-state index contributed by atoms with van der Waals surface area (Å²) in [6, 6.07) is 8.19. The lowest BCUT2D eigenvalue weighted by Crippen LogP contribution is -2.33. The lowest BCUT2D eigenvalue weighted by molar-refractivity contribution is 0.335. The van der Waals surface area contributed by atoms with Crippen LogP contribution in [0.4, 0.5) is 0 Å². The van der Waals surface area contributed by atoms with Gasteiger partial charge in [0.15, 0.2) is 0 Å². The van der Waals surface area contributed by atoms with Crippen LogP contribution in [0.15, 0.2) is 42.2 Å². The molecule has 0 radical (unpaired) electrons. The molecule has 0 aliphatic carbocycles. The first-order valence-corrected chi connectivity index (χ1v) is 7.45. The van der Waals surface area contributed by atoms with Gasteiger partial charge < -0.3 is 14.8 Å². The largest absolute Gasteiger partial charge is 0.497 e. The molecule has 1 aromatic heterocycles. The average molecular weight is 299 g/mol. The second-order valence-electron chi connectivity index (χ2n) is 5.51. The van der Waals surface area contributed by atoms with Crippen LogP contribution in [0.25, 0.3) is 6.08 Å². The highest BCUT2D eigenvalue weighted by atomic mass is 16.5. The van der Waals surface area contributed by atoms with Crippen molar-refractivity contribution in [2.75, 3.05) is 20.3 Å². The van der Waals surface area contributed by atoms with E-state index in [1.807, 2.05) is 35.1 Å².